The van der Waals surface area contributed by atoms with Crippen molar-refractivity contribution < 1.29 is 9.21 Å². The van der Waals surface area contributed by atoms with E-state index in [0.29, 0.717) is 17.4 Å². The molecule has 3 aromatic rings. The van der Waals surface area contributed by atoms with Crippen molar-refractivity contribution in [3.63, 3.8) is 0 Å². The molecule has 0 radical (unpaired) electrons. The van der Waals surface area contributed by atoms with Gasteiger partial charge in [0, 0.05) is 5.69 Å². The summed E-state index contributed by atoms with van der Waals surface area (Å²) in [6, 6.07) is 13.1. The van der Waals surface area contributed by atoms with Crippen LogP contribution in [0.5, 0.6) is 0 Å². The molecule has 2 aromatic heterocycles. The molecule has 23 heavy (non-hydrogen) atoms. The lowest BCUT2D eigenvalue weighted by atomic mass is 10.3. The Bertz CT molecular complexity index is 744. The van der Waals surface area contributed by atoms with Crippen molar-refractivity contribution in [1.29, 1.82) is 0 Å². The molecule has 0 unspecified atom stereocenters. The van der Waals surface area contributed by atoms with Gasteiger partial charge in [0.05, 0.1) is 18.6 Å². The minimum atomic E-state index is -0.0681. The van der Waals surface area contributed by atoms with E-state index in [0.717, 1.165) is 15.8 Å². The number of para-hydroxylation sites is 1. The molecule has 1 aromatic carbocycles. The Kier molecular flexibility index (Phi) is 5.28. The minimum absolute atomic E-state index is 0.0681. The molecular formula is C15H14N4O2S2. The van der Waals surface area contributed by atoms with Gasteiger partial charge in [-0.15, -0.1) is 10.2 Å². The molecule has 3 rings (SSSR count). The van der Waals surface area contributed by atoms with Crippen LogP contribution >= 0.6 is 23.1 Å². The van der Waals surface area contributed by atoms with Crippen molar-refractivity contribution in [2.24, 2.45) is 0 Å². The molecule has 0 fully saturated rings. The van der Waals surface area contributed by atoms with Gasteiger partial charge >= 0.3 is 0 Å². The molecule has 0 saturated heterocycles. The lowest BCUT2D eigenvalue weighted by Gasteiger charge is -2.02. The number of hydrogen-bond donors (Lipinski definition) is 2. The van der Waals surface area contributed by atoms with E-state index in [1.165, 1.54) is 23.1 Å². The second-order valence-electron chi connectivity index (χ2n) is 4.51. The van der Waals surface area contributed by atoms with E-state index >= 15 is 0 Å². The monoisotopic (exact) mass is 346 g/mol. The topological polar surface area (TPSA) is 80.1 Å². The van der Waals surface area contributed by atoms with Crippen molar-refractivity contribution in [2.45, 2.75) is 10.9 Å². The first kappa shape index (κ1) is 15.6. The smallest absolute Gasteiger partial charge is 0.234 e. The fraction of sp³-hybridized carbons (Fsp3) is 0.133. The summed E-state index contributed by atoms with van der Waals surface area (Å²) < 4.78 is 5.98. The highest BCUT2D eigenvalue weighted by atomic mass is 32.2. The van der Waals surface area contributed by atoms with Crippen LogP contribution in [0.15, 0.2) is 57.5 Å². The van der Waals surface area contributed by atoms with Crippen LogP contribution in [0, 0.1) is 0 Å². The fourth-order valence-corrected chi connectivity index (χ4v) is 3.31. The number of thioether (sulfide) groups is 1. The number of rotatable bonds is 7. The number of nitrogens with one attached hydrogen (secondary N) is 2. The molecule has 2 N–H and O–H groups in total. The normalized spacial score (nSPS) is 10.4. The molecule has 8 heteroatoms. The molecule has 0 bridgehead atoms. The number of anilines is 2. The van der Waals surface area contributed by atoms with E-state index in [-0.39, 0.29) is 5.91 Å². The van der Waals surface area contributed by atoms with Crippen LogP contribution in [0.4, 0.5) is 10.8 Å². The maximum absolute atomic E-state index is 11.9. The molecule has 118 valence electrons. The van der Waals surface area contributed by atoms with Gasteiger partial charge in [0.1, 0.15) is 5.76 Å². The number of nitrogens with zero attached hydrogens (tertiary/aromatic N) is 2. The largest absolute Gasteiger partial charge is 0.467 e. The predicted octanol–water partition coefficient (Wildman–Crippen LogP) is 3.47. The molecule has 6 nitrogen and oxygen atoms in total. The van der Waals surface area contributed by atoms with Crippen LogP contribution in [0.2, 0.25) is 0 Å². The van der Waals surface area contributed by atoms with Crippen molar-refractivity contribution in [3.05, 3.63) is 54.5 Å². The second-order valence-corrected chi connectivity index (χ2v) is 6.71. The lowest BCUT2D eigenvalue weighted by molar-refractivity contribution is -0.113. The maximum atomic E-state index is 11.9. The van der Waals surface area contributed by atoms with Gasteiger partial charge in [0.15, 0.2) is 4.34 Å². The van der Waals surface area contributed by atoms with E-state index in [9.17, 15) is 4.79 Å². The summed E-state index contributed by atoms with van der Waals surface area (Å²) in [5.74, 6) is 1.06. The number of hydrogen-bond acceptors (Lipinski definition) is 7. The Labute approximate surface area is 141 Å². The molecule has 0 saturated carbocycles. The predicted molar refractivity (Wildman–Crippen MR) is 91.7 cm³/mol. The third kappa shape index (κ3) is 4.83. The van der Waals surface area contributed by atoms with E-state index in [1.807, 2.05) is 42.5 Å². The van der Waals surface area contributed by atoms with Crippen molar-refractivity contribution in [3.8, 4) is 0 Å². The van der Waals surface area contributed by atoms with Crippen LogP contribution in [0.3, 0.4) is 0 Å². The van der Waals surface area contributed by atoms with Crippen LogP contribution in [-0.4, -0.2) is 21.9 Å². The van der Waals surface area contributed by atoms with Gasteiger partial charge in [-0.05, 0) is 24.3 Å². The van der Waals surface area contributed by atoms with E-state index in [4.69, 9.17) is 4.42 Å². The lowest BCUT2D eigenvalue weighted by Crippen LogP contribution is -2.13. The Morgan fingerprint density at radius 1 is 1.17 bits per heavy atom. The van der Waals surface area contributed by atoms with Crippen LogP contribution in [0.25, 0.3) is 0 Å². The maximum Gasteiger partial charge on any atom is 0.234 e. The molecule has 1 amide bonds. The second kappa shape index (κ2) is 7.80. The van der Waals surface area contributed by atoms with Crippen LogP contribution in [0.1, 0.15) is 5.76 Å². The van der Waals surface area contributed by atoms with E-state index in [2.05, 4.69) is 20.8 Å². The zero-order valence-electron chi connectivity index (χ0n) is 12.1. The van der Waals surface area contributed by atoms with Crippen LogP contribution in [-0.2, 0) is 11.3 Å². The highest BCUT2D eigenvalue weighted by Crippen LogP contribution is 2.25. The Hall–Kier alpha value is -2.32. The Balaban J connectivity index is 1.44. The van der Waals surface area contributed by atoms with Gasteiger partial charge in [0.2, 0.25) is 11.0 Å². The third-order valence-corrected chi connectivity index (χ3v) is 4.80. The summed E-state index contributed by atoms with van der Waals surface area (Å²) in [4.78, 5) is 11.9. The SMILES string of the molecule is O=C(CSc1nnc(NCc2ccco2)s1)Nc1ccccc1. The third-order valence-electron chi connectivity index (χ3n) is 2.78. The van der Waals surface area contributed by atoms with E-state index in [1.54, 1.807) is 6.26 Å². The molecule has 0 aliphatic heterocycles. The van der Waals surface area contributed by atoms with Gasteiger partial charge in [-0.25, -0.2) is 0 Å². The summed E-state index contributed by atoms with van der Waals surface area (Å²) in [7, 11) is 0. The van der Waals surface area contributed by atoms with Gasteiger partial charge in [-0.1, -0.05) is 41.3 Å². The summed E-state index contributed by atoms with van der Waals surface area (Å²) in [6.45, 7) is 0.556. The van der Waals surface area contributed by atoms with Gasteiger partial charge in [0.25, 0.3) is 0 Å². The molecule has 0 atom stereocenters. The first-order chi connectivity index (χ1) is 11.3. The summed E-state index contributed by atoms with van der Waals surface area (Å²) in [6.07, 6.45) is 1.63. The van der Waals surface area contributed by atoms with Gasteiger partial charge < -0.3 is 15.1 Å². The van der Waals surface area contributed by atoms with Crippen LogP contribution < -0.4 is 10.6 Å². The minimum Gasteiger partial charge on any atom is -0.467 e. The number of carbonyl (C=O) groups excluding carboxylic acids is 1. The van der Waals surface area contributed by atoms with Gasteiger partial charge in [-0.2, -0.15) is 0 Å². The zero-order valence-corrected chi connectivity index (χ0v) is 13.7. The number of benzene rings is 1. The first-order valence-electron chi connectivity index (χ1n) is 6.87. The number of aromatic nitrogens is 2. The van der Waals surface area contributed by atoms with Gasteiger partial charge in [-0.3, -0.25) is 4.79 Å². The fourth-order valence-electron chi connectivity index (χ4n) is 1.76. The highest BCUT2D eigenvalue weighted by molar-refractivity contribution is 8.01. The molecule has 0 aliphatic rings. The van der Waals surface area contributed by atoms with E-state index < -0.39 is 0 Å². The van der Waals surface area contributed by atoms with Crippen molar-refractivity contribution in [2.75, 3.05) is 16.4 Å². The first-order valence-corrected chi connectivity index (χ1v) is 8.67. The molecule has 0 aliphatic carbocycles. The standard InChI is InChI=1S/C15H14N4O2S2/c20-13(17-11-5-2-1-3-6-11)10-22-15-19-18-14(23-15)16-9-12-7-4-8-21-12/h1-8H,9-10H2,(H,16,18)(H,17,20). The number of amides is 1. The summed E-state index contributed by atoms with van der Waals surface area (Å²) in [5.41, 5.74) is 0.788. The number of carbonyl (C=O) groups is 1. The average Bonchev–Trinajstić information content (AvgIpc) is 3.24. The highest BCUT2D eigenvalue weighted by Gasteiger charge is 2.08. The van der Waals surface area contributed by atoms with Crippen molar-refractivity contribution in [1.82, 2.24) is 10.2 Å². The van der Waals surface area contributed by atoms with Crippen molar-refractivity contribution >= 4 is 39.8 Å². The average molecular weight is 346 g/mol. The number of furan rings is 1. The quantitative estimate of drug-likeness (QED) is 0.638. The summed E-state index contributed by atoms with van der Waals surface area (Å²) in [5, 5.41) is 14.8. The zero-order chi connectivity index (χ0) is 15.9. The Morgan fingerprint density at radius 3 is 2.83 bits per heavy atom. The molecule has 0 spiro atoms. The summed E-state index contributed by atoms with van der Waals surface area (Å²) >= 11 is 2.77. The molecule has 2 heterocycles. The molecular weight excluding hydrogens is 332 g/mol. The Morgan fingerprint density at radius 2 is 2.04 bits per heavy atom.